The molecule has 0 amide bonds. The van der Waals surface area contributed by atoms with E-state index < -0.39 is 23.9 Å². The second kappa shape index (κ2) is 14.5. The Kier molecular flexibility index (Phi) is 11.5. The lowest BCUT2D eigenvalue weighted by Crippen LogP contribution is -2.28. The van der Waals surface area contributed by atoms with E-state index in [2.05, 4.69) is 11.3 Å². The summed E-state index contributed by atoms with van der Waals surface area (Å²) in [6.45, 7) is 3.16. The molecule has 10 nitrogen and oxygen atoms in total. The third-order valence-electron chi connectivity index (χ3n) is 5.50. The molecule has 0 aliphatic heterocycles. The number of carboxylic acid groups (broad SMARTS) is 1. The molecule has 1 saturated carbocycles. The van der Waals surface area contributed by atoms with Gasteiger partial charge in [-0.3, -0.25) is 19.2 Å². The van der Waals surface area contributed by atoms with E-state index in [1.54, 1.807) is 24.3 Å². The van der Waals surface area contributed by atoms with Crippen LogP contribution in [0.5, 0.6) is 5.75 Å². The normalized spacial score (nSPS) is 17.0. The van der Waals surface area contributed by atoms with Gasteiger partial charge in [-0.1, -0.05) is 18.7 Å². The third kappa shape index (κ3) is 10.4. The van der Waals surface area contributed by atoms with Crippen LogP contribution in [-0.2, 0) is 44.6 Å². The maximum absolute atomic E-state index is 12.3. The standard InChI is InChI=1S/C25H30O10/c1-2-21(26)33-15-16-34-23(28)12-11-22(27)32-14-13-17-3-9-20(10-4-17)35-25(31)19-7-5-18(6-8-19)24(29)30/h2-4,9-10,18-19H,1,5-8,11-16H2,(H,29,30). The van der Waals surface area contributed by atoms with E-state index in [0.29, 0.717) is 37.9 Å². The summed E-state index contributed by atoms with van der Waals surface area (Å²) >= 11 is 0. The number of benzene rings is 1. The highest BCUT2D eigenvalue weighted by atomic mass is 16.6. The van der Waals surface area contributed by atoms with Crippen LogP contribution >= 0.6 is 0 Å². The number of aliphatic carboxylic acids is 1. The van der Waals surface area contributed by atoms with Crippen molar-refractivity contribution < 1.29 is 48.0 Å². The van der Waals surface area contributed by atoms with Crippen LogP contribution in [0.3, 0.4) is 0 Å². The molecular formula is C25H30O10. The van der Waals surface area contributed by atoms with Crippen LogP contribution in [0.15, 0.2) is 36.9 Å². The van der Waals surface area contributed by atoms with Crippen LogP contribution in [0.4, 0.5) is 0 Å². The summed E-state index contributed by atoms with van der Waals surface area (Å²) in [6, 6.07) is 6.82. The van der Waals surface area contributed by atoms with Crippen molar-refractivity contribution in [3.8, 4) is 5.75 Å². The van der Waals surface area contributed by atoms with Crippen molar-refractivity contribution in [1.82, 2.24) is 0 Å². The Balaban J connectivity index is 1.60. The zero-order chi connectivity index (χ0) is 25.6. The average molecular weight is 491 g/mol. The Bertz CT molecular complexity index is 897. The van der Waals surface area contributed by atoms with Crippen LogP contribution in [0.25, 0.3) is 0 Å². The number of rotatable bonds is 13. The lowest BCUT2D eigenvalue weighted by atomic mass is 9.82. The fourth-order valence-electron chi connectivity index (χ4n) is 3.49. The highest BCUT2D eigenvalue weighted by Crippen LogP contribution is 2.30. The minimum Gasteiger partial charge on any atom is -0.481 e. The SMILES string of the molecule is C=CC(=O)OCCOC(=O)CCC(=O)OCCc1ccc(OC(=O)C2CCC(C(=O)O)CC2)cc1. The molecule has 0 aromatic heterocycles. The third-order valence-corrected chi connectivity index (χ3v) is 5.50. The summed E-state index contributed by atoms with van der Waals surface area (Å²) in [5, 5.41) is 9.04. The van der Waals surface area contributed by atoms with Gasteiger partial charge in [-0.2, -0.15) is 0 Å². The van der Waals surface area contributed by atoms with Gasteiger partial charge in [0.15, 0.2) is 0 Å². The Hall–Kier alpha value is -3.69. The van der Waals surface area contributed by atoms with Crippen LogP contribution in [0, 0.1) is 11.8 Å². The van der Waals surface area contributed by atoms with E-state index >= 15 is 0 Å². The summed E-state index contributed by atoms with van der Waals surface area (Å²) in [5.74, 6) is -3.21. The number of hydrogen-bond acceptors (Lipinski definition) is 9. The lowest BCUT2D eigenvalue weighted by molar-refractivity contribution is -0.152. The molecule has 0 radical (unpaired) electrons. The maximum atomic E-state index is 12.3. The van der Waals surface area contributed by atoms with Crippen molar-refractivity contribution in [2.45, 2.75) is 44.9 Å². The molecule has 0 saturated heterocycles. The maximum Gasteiger partial charge on any atom is 0.330 e. The average Bonchev–Trinajstić information content (AvgIpc) is 2.86. The largest absolute Gasteiger partial charge is 0.481 e. The van der Waals surface area contributed by atoms with Gasteiger partial charge in [-0.25, -0.2) is 4.79 Å². The van der Waals surface area contributed by atoms with Crippen molar-refractivity contribution in [3.05, 3.63) is 42.5 Å². The molecule has 1 aromatic rings. The van der Waals surface area contributed by atoms with Crippen molar-refractivity contribution in [3.63, 3.8) is 0 Å². The monoisotopic (exact) mass is 490 g/mol. The fraction of sp³-hybridized carbons (Fsp3) is 0.480. The van der Waals surface area contributed by atoms with Crippen LogP contribution in [0.2, 0.25) is 0 Å². The summed E-state index contributed by atoms with van der Waals surface area (Å²) in [5.41, 5.74) is 0.869. The quantitative estimate of drug-likeness (QED) is 0.144. The summed E-state index contributed by atoms with van der Waals surface area (Å²) < 4.78 is 20.0. The molecule has 1 aliphatic carbocycles. The predicted molar refractivity (Wildman–Crippen MR) is 121 cm³/mol. The number of esters is 4. The molecule has 10 heteroatoms. The lowest BCUT2D eigenvalue weighted by Gasteiger charge is -2.24. The van der Waals surface area contributed by atoms with Gasteiger partial charge < -0.3 is 24.1 Å². The predicted octanol–water partition coefficient (Wildman–Crippen LogP) is 2.62. The number of carbonyl (C=O) groups excluding carboxylic acids is 4. The Morgan fingerprint density at radius 2 is 1.37 bits per heavy atom. The van der Waals surface area contributed by atoms with Crippen molar-refractivity contribution in [2.24, 2.45) is 11.8 Å². The van der Waals surface area contributed by atoms with Gasteiger partial charge in [0.05, 0.1) is 31.3 Å². The van der Waals surface area contributed by atoms with Gasteiger partial charge in [0.2, 0.25) is 0 Å². The topological polar surface area (TPSA) is 142 Å². The highest BCUT2D eigenvalue weighted by molar-refractivity contribution is 5.81. The first-order chi connectivity index (χ1) is 16.8. The molecule has 0 spiro atoms. The van der Waals surface area contributed by atoms with Gasteiger partial charge in [-0.05, 0) is 43.4 Å². The van der Waals surface area contributed by atoms with E-state index in [4.69, 9.17) is 19.3 Å². The first-order valence-electron chi connectivity index (χ1n) is 11.4. The van der Waals surface area contributed by atoms with Gasteiger partial charge in [0.25, 0.3) is 0 Å². The first kappa shape index (κ1) is 27.6. The Morgan fingerprint density at radius 1 is 0.829 bits per heavy atom. The molecule has 0 unspecified atom stereocenters. The molecule has 0 heterocycles. The zero-order valence-corrected chi connectivity index (χ0v) is 19.4. The Labute approximate surface area is 203 Å². The molecule has 2 rings (SSSR count). The Morgan fingerprint density at radius 3 is 1.94 bits per heavy atom. The van der Waals surface area contributed by atoms with Crippen molar-refractivity contribution in [2.75, 3.05) is 19.8 Å². The van der Waals surface area contributed by atoms with Gasteiger partial charge >= 0.3 is 29.8 Å². The molecule has 1 N–H and O–H groups in total. The number of carbonyl (C=O) groups is 5. The second-order valence-corrected chi connectivity index (χ2v) is 8.01. The molecule has 190 valence electrons. The second-order valence-electron chi connectivity index (χ2n) is 8.01. The van der Waals surface area contributed by atoms with Crippen LogP contribution in [0.1, 0.15) is 44.1 Å². The number of ether oxygens (including phenoxy) is 4. The zero-order valence-electron chi connectivity index (χ0n) is 19.4. The molecule has 0 bridgehead atoms. The summed E-state index contributed by atoms with van der Waals surface area (Å²) in [4.78, 5) is 57.5. The minimum atomic E-state index is -0.818. The minimum absolute atomic E-state index is 0.0905. The molecule has 0 atom stereocenters. The van der Waals surface area contributed by atoms with Crippen molar-refractivity contribution in [1.29, 1.82) is 0 Å². The number of hydrogen-bond donors (Lipinski definition) is 1. The van der Waals surface area contributed by atoms with Gasteiger partial charge in [-0.15, -0.1) is 0 Å². The van der Waals surface area contributed by atoms with E-state index in [9.17, 15) is 24.0 Å². The van der Waals surface area contributed by atoms with E-state index in [1.807, 2.05) is 0 Å². The van der Waals surface area contributed by atoms with Crippen LogP contribution < -0.4 is 4.74 Å². The number of carboxylic acids is 1. The molecule has 1 fully saturated rings. The fourth-order valence-corrected chi connectivity index (χ4v) is 3.49. The molecule has 1 aromatic carbocycles. The summed E-state index contributed by atoms with van der Waals surface area (Å²) in [7, 11) is 0. The molecular weight excluding hydrogens is 460 g/mol. The molecule has 1 aliphatic rings. The van der Waals surface area contributed by atoms with E-state index in [0.717, 1.165) is 11.6 Å². The molecule has 35 heavy (non-hydrogen) atoms. The van der Waals surface area contributed by atoms with E-state index in [-0.39, 0.29) is 50.5 Å². The van der Waals surface area contributed by atoms with Gasteiger partial charge in [0, 0.05) is 12.5 Å². The van der Waals surface area contributed by atoms with Gasteiger partial charge in [0.1, 0.15) is 19.0 Å². The van der Waals surface area contributed by atoms with Crippen LogP contribution in [-0.4, -0.2) is 54.8 Å². The highest BCUT2D eigenvalue weighted by Gasteiger charge is 2.30. The van der Waals surface area contributed by atoms with Crippen molar-refractivity contribution >= 4 is 29.8 Å². The van der Waals surface area contributed by atoms with E-state index in [1.165, 1.54) is 0 Å². The first-order valence-corrected chi connectivity index (χ1v) is 11.4. The summed E-state index contributed by atoms with van der Waals surface area (Å²) in [6.07, 6.45) is 3.12. The smallest absolute Gasteiger partial charge is 0.330 e.